The van der Waals surface area contributed by atoms with E-state index in [0.717, 1.165) is 12.9 Å². The maximum atomic E-state index is 5.90. The van der Waals surface area contributed by atoms with Gasteiger partial charge < -0.3 is 0 Å². The number of hydrogen-bond acceptors (Lipinski definition) is 3. The lowest BCUT2D eigenvalue weighted by molar-refractivity contribution is 1.17. The number of hydrogen-bond donors (Lipinski definition) is 0. The van der Waals surface area contributed by atoms with Crippen LogP contribution in [0.1, 0.15) is 0 Å². The molecule has 0 atom stereocenters. The molecule has 0 radical (unpaired) electrons. The smallest absolute Gasteiger partial charge is 0.171 e. The van der Waals surface area contributed by atoms with Crippen LogP contribution >= 0.6 is 61.5 Å². The molecule has 72 valence electrons. The van der Waals surface area contributed by atoms with Crippen molar-refractivity contribution in [3.63, 3.8) is 0 Å². The second-order valence-corrected chi connectivity index (χ2v) is 5.81. The van der Waals surface area contributed by atoms with Crippen molar-refractivity contribution in [2.24, 2.45) is 0 Å². The minimum Gasteiger partial charge on any atom is -0.235 e. The molecule has 0 unspecified atom stereocenters. The topological polar surface area (TPSA) is 25.8 Å². The van der Waals surface area contributed by atoms with E-state index in [-0.39, 0.29) is 0 Å². The maximum Gasteiger partial charge on any atom is 0.171 e. The van der Waals surface area contributed by atoms with E-state index in [1.54, 1.807) is 17.5 Å². The van der Waals surface area contributed by atoms with E-state index < -0.39 is 0 Å². The fourth-order valence-corrected chi connectivity index (χ4v) is 2.65. The summed E-state index contributed by atoms with van der Waals surface area (Å²) in [6.07, 6.45) is 1.72. The minimum absolute atomic E-state index is 0.500. The van der Waals surface area contributed by atoms with Crippen LogP contribution in [0.5, 0.6) is 0 Å². The second-order valence-electron chi connectivity index (χ2n) is 2.46. The summed E-state index contributed by atoms with van der Waals surface area (Å²) in [5.74, 6) is 0.672. The molecule has 2 aromatic heterocycles. The molecule has 0 aromatic carbocycles. The molecule has 0 saturated carbocycles. The average molecular weight is 401 g/mol. The monoisotopic (exact) mass is 400 g/mol. The molecule has 14 heavy (non-hydrogen) atoms. The Morgan fingerprint density at radius 3 is 2.86 bits per heavy atom. The van der Waals surface area contributed by atoms with Gasteiger partial charge in [0.15, 0.2) is 5.82 Å². The molecule has 0 spiro atoms. The van der Waals surface area contributed by atoms with Crippen LogP contribution in [0.3, 0.4) is 0 Å². The zero-order valence-electron chi connectivity index (χ0n) is 6.67. The third-order valence-electron chi connectivity index (χ3n) is 1.49. The van der Waals surface area contributed by atoms with Gasteiger partial charge in [0, 0.05) is 16.0 Å². The van der Waals surface area contributed by atoms with Gasteiger partial charge in [-0.1, -0.05) is 11.6 Å². The normalized spacial score (nSPS) is 10.5. The predicted molar refractivity (Wildman–Crippen MR) is 70.8 cm³/mol. The van der Waals surface area contributed by atoms with Crippen LogP contribution in [-0.4, -0.2) is 9.97 Å². The zero-order chi connectivity index (χ0) is 10.1. The third kappa shape index (κ3) is 2.26. The first kappa shape index (κ1) is 10.8. The van der Waals surface area contributed by atoms with Gasteiger partial charge in [-0.3, -0.25) is 0 Å². The van der Waals surface area contributed by atoms with Gasteiger partial charge in [-0.2, -0.15) is 0 Å². The fraction of sp³-hybridized carbons (Fsp3) is 0. The van der Waals surface area contributed by atoms with Gasteiger partial charge in [-0.05, 0) is 44.6 Å². The summed E-state index contributed by atoms with van der Waals surface area (Å²) >= 11 is 13.0. The molecule has 0 bridgehead atoms. The Hall–Kier alpha value is 0.280. The molecule has 0 saturated heterocycles. The fourth-order valence-electron chi connectivity index (χ4n) is 0.895. The van der Waals surface area contributed by atoms with Crippen molar-refractivity contribution in [2.45, 2.75) is 0 Å². The molecule has 2 nitrogen and oxygen atoms in total. The molecule has 0 amide bonds. The summed E-state index contributed by atoms with van der Waals surface area (Å²) in [6, 6.07) is 1.98. The van der Waals surface area contributed by atoms with Crippen LogP contribution in [-0.2, 0) is 0 Å². The average Bonchev–Trinajstić information content (AvgIpc) is 2.57. The maximum absolute atomic E-state index is 5.90. The van der Waals surface area contributed by atoms with E-state index in [1.807, 2.05) is 11.4 Å². The van der Waals surface area contributed by atoms with Crippen LogP contribution in [0.25, 0.3) is 10.7 Å². The van der Waals surface area contributed by atoms with Gasteiger partial charge in [0.25, 0.3) is 0 Å². The van der Waals surface area contributed by atoms with Crippen molar-refractivity contribution in [1.82, 2.24) is 9.97 Å². The summed E-state index contributed by atoms with van der Waals surface area (Å²) in [5.41, 5.74) is 0. The lowest BCUT2D eigenvalue weighted by Crippen LogP contribution is -1.88. The highest BCUT2D eigenvalue weighted by Crippen LogP contribution is 2.28. The van der Waals surface area contributed by atoms with Gasteiger partial charge in [0.1, 0.15) is 5.15 Å². The number of thiophene rings is 1. The molecule has 0 aliphatic carbocycles. The van der Waals surface area contributed by atoms with Crippen molar-refractivity contribution in [3.05, 3.63) is 30.8 Å². The van der Waals surface area contributed by atoms with Gasteiger partial charge in [-0.25, -0.2) is 9.97 Å². The first-order valence-corrected chi connectivity index (χ1v) is 6.72. The zero-order valence-corrected chi connectivity index (χ0v) is 12.0. The standard InChI is InChI=1S/C8H3BrClIN2S/c9-4-1-6(14-3-4)8-12-2-5(11)7(10)13-8/h1-3H. The minimum atomic E-state index is 0.500. The Morgan fingerprint density at radius 1 is 1.50 bits per heavy atom. The van der Waals surface area contributed by atoms with Gasteiger partial charge in [-0.15, -0.1) is 11.3 Å². The predicted octanol–water partition coefficient (Wildman–Crippen LogP) is 4.23. The number of nitrogens with zero attached hydrogens (tertiary/aromatic N) is 2. The van der Waals surface area contributed by atoms with Crippen LogP contribution in [0.2, 0.25) is 5.15 Å². The summed E-state index contributed by atoms with van der Waals surface area (Å²) < 4.78 is 1.90. The molecule has 6 heteroatoms. The second kappa shape index (κ2) is 4.42. The summed E-state index contributed by atoms with van der Waals surface area (Å²) in [7, 11) is 0. The number of halogens is 3. The molecule has 0 aliphatic heterocycles. The van der Waals surface area contributed by atoms with E-state index >= 15 is 0 Å². The van der Waals surface area contributed by atoms with E-state index in [1.165, 1.54) is 0 Å². The molecule has 2 rings (SSSR count). The molecule has 0 aliphatic rings. The van der Waals surface area contributed by atoms with Crippen LogP contribution in [0, 0.1) is 3.57 Å². The van der Waals surface area contributed by atoms with E-state index in [0.29, 0.717) is 11.0 Å². The quantitative estimate of drug-likeness (QED) is 0.528. The van der Waals surface area contributed by atoms with Crippen molar-refractivity contribution in [1.29, 1.82) is 0 Å². The Morgan fingerprint density at radius 2 is 2.29 bits per heavy atom. The van der Waals surface area contributed by atoms with Crippen molar-refractivity contribution in [3.8, 4) is 10.7 Å². The van der Waals surface area contributed by atoms with E-state index in [9.17, 15) is 0 Å². The summed E-state index contributed by atoms with van der Waals surface area (Å²) in [4.78, 5) is 9.41. The Kier molecular flexibility index (Phi) is 3.41. The Bertz CT molecular complexity index is 474. The molecule has 0 fully saturated rings. The number of aromatic nitrogens is 2. The lowest BCUT2D eigenvalue weighted by Gasteiger charge is -1.97. The molecular weight excluding hydrogens is 398 g/mol. The van der Waals surface area contributed by atoms with Crippen molar-refractivity contribution >= 4 is 61.5 Å². The highest BCUT2D eigenvalue weighted by Gasteiger charge is 2.06. The van der Waals surface area contributed by atoms with Crippen LogP contribution in [0.15, 0.2) is 22.1 Å². The molecular formula is C8H3BrClIN2S. The Labute approximate surface area is 112 Å². The van der Waals surface area contributed by atoms with Gasteiger partial charge in [0.2, 0.25) is 0 Å². The highest BCUT2D eigenvalue weighted by molar-refractivity contribution is 14.1. The first-order valence-electron chi connectivity index (χ1n) is 3.59. The van der Waals surface area contributed by atoms with Crippen LogP contribution in [0.4, 0.5) is 0 Å². The van der Waals surface area contributed by atoms with Crippen molar-refractivity contribution in [2.75, 3.05) is 0 Å². The number of rotatable bonds is 1. The highest BCUT2D eigenvalue weighted by atomic mass is 127. The van der Waals surface area contributed by atoms with E-state index in [2.05, 4.69) is 48.5 Å². The molecule has 0 N–H and O–H groups in total. The Balaban J connectivity index is 2.47. The van der Waals surface area contributed by atoms with Crippen molar-refractivity contribution < 1.29 is 0 Å². The third-order valence-corrected chi connectivity index (χ3v) is 4.57. The van der Waals surface area contributed by atoms with E-state index in [4.69, 9.17) is 11.6 Å². The molecule has 2 heterocycles. The van der Waals surface area contributed by atoms with Gasteiger partial charge >= 0.3 is 0 Å². The summed E-state index contributed by atoms with van der Waals surface area (Å²) in [5, 5.41) is 2.49. The van der Waals surface area contributed by atoms with Crippen LogP contribution < -0.4 is 0 Å². The lowest BCUT2D eigenvalue weighted by atomic mass is 10.4. The van der Waals surface area contributed by atoms with Gasteiger partial charge in [0.05, 0.1) is 8.45 Å². The molecule has 2 aromatic rings. The summed E-state index contributed by atoms with van der Waals surface area (Å²) in [6.45, 7) is 0. The largest absolute Gasteiger partial charge is 0.235 e. The SMILES string of the molecule is Clc1nc(-c2cc(Br)cs2)ncc1I. The first-order chi connectivity index (χ1) is 6.66.